The average molecular weight is 448 g/mol. The molecule has 1 atom stereocenters. The first kappa shape index (κ1) is 20.6. The maximum atomic E-state index is 13.2. The Hall–Kier alpha value is -2.15. The first-order chi connectivity index (χ1) is 13.2. The Bertz CT molecular complexity index is 879. The van der Waals surface area contributed by atoms with Crippen molar-refractivity contribution in [2.24, 2.45) is 0 Å². The minimum atomic E-state index is -0.423. The maximum absolute atomic E-state index is 13.2. The summed E-state index contributed by atoms with van der Waals surface area (Å²) in [5.74, 6) is 0.00661. The zero-order valence-corrected chi connectivity index (χ0v) is 18.1. The monoisotopic (exact) mass is 447 g/mol. The predicted octanol–water partition coefficient (Wildman–Crippen LogP) is 4.52. The van der Waals surface area contributed by atoms with Crippen LogP contribution in [0.25, 0.3) is 10.9 Å². The number of likely N-dealkylation sites (tertiary alicyclic amines) is 1. The van der Waals surface area contributed by atoms with Crippen LogP contribution in [0.5, 0.6) is 0 Å². The molecular formula is C21H26BrN3O3. The van der Waals surface area contributed by atoms with Gasteiger partial charge in [-0.2, -0.15) is 0 Å². The molecule has 6 nitrogen and oxygen atoms in total. The van der Waals surface area contributed by atoms with Gasteiger partial charge in [-0.05, 0) is 57.9 Å². The Balaban J connectivity index is 1.67. The minimum Gasteiger partial charge on any atom is -0.449 e. The number of amides is 2. The highest BCUT2D eigenvalue weighted by Crippen LogP contribution is 2.27. The molecule has 1 saturated heterocycles. The number of aromatic nitrogens is 1. The van der Waals surface area contributed by atoms with Gasteiger partial charge in [0.05, 0.1) is 17.7 Å². The van der Waals surface area contributed by atoms with E-state index >= 15 is 0 Å². The van der Waals surface area contributed by atoms with E-state index in [4.69, 9.17) is 4.74 Å². The van der Waals surface area contributed by atoms with E-state index in [1.807, 2.05) is 43.9 Å². The zero-order valence-electron chi connectivity index (χ0n) is 16.5. The molecule has 0 aliphatic carbocycles. The lowest BCUT2D eigenvalue weighted by Crippen LogP contribution is -2.41. The SMILES string of the molecule is CC(C)(C)NC(=O)OCC[C@H]1CCCN1C(=O)c1ccnc2ccc(Br)cc12. The van der Waals surface area contributed by atoms with Crippen LogP contribution in [-0.2, 0) is 4.74 Å². The molecule has 0 saturated carbocycles. The summed E-state index contributed by atoms with van der Waals surface area (Å²) >= 11 is 3.47. The number of benzene rings is 1. The smallest absolute Gasteiger partial charge is 0.407 e. The molecule has 28 heavy (non-hydrogen) atoms. The lowest BCUT2D eigenvalue weighted by atomic mass is 10.1. The summed E-state index contributed by atoms with van der Waals surface area (Å²) in [4.78, 5) is 31.3. The molecule has 7 heteroatoms. The van der Waals surface area contributed by atoms with E-state index in [-0.39, 0.29) is 17.5 Å². The van der Waals surface area contributed by atoms with Crippen molar-refractivity contribution < 1.29 is 14.3 Å². The van der Waals surface area contributed by atoms with E-state index < -0.39 is 6.09 Å². The molecule has 2 aromatic rings. The van der Waals surface area contributed by atoms with Crippen LogP contribution in [0.2, 0.25) is 0 Å². The molecule has 1 aliphatic rings. The van der Waals surface area contributed by atoms with Gasteiger partial charge in [0.2, 0.25) is 0 Å². The summed E-state index contributed by atoms with van der Waals surface area (Å²) < 4.78 is 6.21. The van der Waals surface area contributed by atoms with Gasteiger partial charge in [0, 0.05) is 40.6 Å². The van der Waals surface area contributed by atoms with Crippen molar-refractivity contribution in [2.45, 2.75) is 51.6 Å². The third-order valence-corrected chi connectivity index (χ3v) is 5.23. The molecule has 3 rings (SSSR count). The minimum absolute atomic E-state index is 0.00661. The lowest BCUT2D eigenvalue weighted by Gasteiger charge is -2.26. The summed E-state index contributed by atoms with van der Waals surface area (Å²) in [7, 11) is 0. The van der Waals surface area contributed by atoms with E-state index in [0.717, 1.165) is 34.8 Å². The fourth-order valence-corrected chi connectivity index (χ4v) is 3.85. The van der Waals surface area contributed by atoms with E-state index in [1.165, 1.54) is 0 Å². The number of rotatable bonds is 4. The number of hydrogen-bond acceptors (Lipinski definition) is 4. The van der Waals surface area contributed by atoms with Crippen LogP contribution >= 0.6 is 15.9 Å². The Labute approximate surface area is 173 Å². The van der Waals surface area contributed by atoms with Crippen molar-refractivity contribution >= 4 is 38.8 Å². The topological polar surface area (TPSA) is 71.5 Å². The van der Waals surface area contributed by atoms with Gasteiger partial charge in [0.25, 0.3) is 5.91 Å². The van der Waals surface area contributed by atoms with Crippen LogP contribution in [-0.4, -0.2) is 46.6 Å². The predicted molar refractivity (Wildman–Crippen MR) is 112 cm³/mol. The average Bonchev–Trinajstić information content (AvgIpc) is 3.07. The number of fused-ring (bicyclic) bond motifs is 1. The number of alkyl carbamates (subject to hydrolysis) is 1. The van der Waals surface area contributed by atoms with Crippen molar-refractivity contribution in [3.8, 4) is 0 Å². The van der Waals surface area contributed by atoms with E-state index in [9.17, 15) is 9.59 Å². The van der Waals surface area contributed by atoms with Gasteiger partial charge in [-0.3, -0.25) is 9.78 Å². The van der Waals surface area contributed by atoms with Crippen molar-refractivity contribution in [1.29, 1.82) is 0 Å². The fraction of sp³-hybridized carbons (Fsp3) is 0.476. The maximum Gasteiger partial charge on any atom is 0.407 e. The molecule has 0 bridgehead atoms. The second kappa shape index (κ2) is 8.47. The third kappa shape index (κ3) is 5.01. The molecule has 150 valence electrons. The second-order valence-corrected chi connectivity index (χ2v) is 9.03. The Kier molecular flexibility index (Phi) is 6.23. The summed E-state index contributed by atoms with van der Waals surface area (Å²) in [6.45, 7) is 6.73. The highest BCUT2D eigenvalue weighted by atomic mass is 79.9. The molecule has 1 fully saturated rings. The number of carbonyl (C=O) groups excluding carboxylic acids is 2. The first-order valence-corrected chi connectivity index (χ1v) is 10.3. The van der Waals surface area contributed by atoms with Crippen LogP contribution in [0, 0.1) is 0 Å². The van der Waals surface area contributed by atoms with Gasteiger partial charge in [0.1, 0.15) is 0 Å². The Morgan fingerprint density at radius 2 is 2.11 bits per heavy atom. The number of pyridine rings is 1. The van der Waals surface area contributed by atoms with Crippen molar-refractivity contribution in [3.63, 3.8) is 0 Å². The quantitative estimate of drug-likeness (QED) is 0.747. The summed E-state index contributed by atoms with van der Waals surface area (Å²) in [5, 5.41) is 3.62. The van der Waals surface area contributed by atoms with Gasteiger partial charge in [0.15, 0.2) is 0 Å². The number of hydrogen-bond donors (Lipinski definition) is 1. The van der Waals surface area contributed by atoms with E-state index in [1.54, 1.807) is 12.3 Å². The van der Waals surface area contributed by atoms with Crippen LogP contribution < -0.4 is 5.32 Å². The molecule has 0 spiro atoms. The van der Waals surface area contributed by atoms with Crippen molar-refractivity contribution in [2.75, 3.05) is 13.2 Å². The molecule has 2 amide bonds. The van der Waals surface area contributed by atoms with Crippen LogP contribution in [0.4, 0.5) is 4.79 Å². The van der Waals surface area contributed by atoms with Crippen molar-refractivity contribution in [1.82, 2.24) is 15.2 Å². The molecule has 0 radical (unpaired) electrons. The van der Waals surface area contributed by atoms with Gasteiger partial charge in [-0.1, -0.05) is 15.9 Å². The number of ether oxygens (including phenoxy) is 1. The molecule has 1 aromatic heterocycles. The first-order valence-electron chi connectivity index (χ1n) is 9.55. The summed E-state index contributed by atoms with van der Waals surface area (Å²) in [5.41, 5.74) is 1.12. The number of nitrogens with one attached hydrogen (secondary N) is 1. The van der Waals surface area contributed by atoms with E-state index in [2.05, 4.69) is 26.2 Å². The molecule has 1 N–H and O–H groups in total. The Morgan fingerprint density at radius 1 is 1.32 bits per heavy atom. The summed E-state index contributed by atoms with van der Waals surface area (Å²) in [6.07, 6.45) is 3.76. The molecule has 0 unspecified atom stereocenters. The third-order valence-electron chi connectivity index (χ3n) is 4.73. The van der Waals surface area contributed by atoms with Gasteiger partial charge >= 0.3 is 6.09 Å². The zero-order chi connectivity index (χ0) is 20.3. The molecule has 2 heterocycles. The standard InChI is InChI=1S/C21H26BrN3O3/c1-21(2,3)24-20(27)28-12-9-15-5-4-11-25(15)19(26)16-8-10-23-18-7-6-14(22)13-17(16)18/h6-8,10,13,15H,4-5,9,11-12H2,1-3H3,(H,24,27)/t15-/m1/s1. The van der Waals surface area contributed by atoms with Gasteiger partial charge in [-0.25, -0.2) is 4.79 Å². The van der Waals surface area contributed by atoms with Crippen LogP contribution in [0.15, 0.2) is 34.9 Å². The van der Waals surface area contributed by atoms with Crippen LogP contribution in [0.1, 0.15) is 50.4 Å². The van der Waals surface area contributed by atoms with E-state index in [0.29, 0.717) is 18.6 Å². The van der Waals surface area contributed by atoms with Gasteiger partial charge in [-0.15, -0.1) is 0 Å². The van der Waals surface area contributed by atoms with Crippen molar-refractivity contribution in [3.05, 3.63) is 40.5 Å². The second-order valence-electron chi connectivity index (χ2n) is 8.11. The number of halogens is 1. The highest BCUT2D eigenvalue weighted by molar-refractivity contribution is 9.10. The van der Waals surface area contributed by atoms with Crippen LogP contribution in [0.3, 0.4) is 0 Å². The molecular weight excluding hydrogens is 422 g/mol. The highest BCUT2D eigenvalue weighted by Gasteiger charge is 2.30. The van der Waals surface area contributed by atoms with Gasteiger partial charge < -0.3 is 15.0 Å². The summed E-state index contributed by atoms with van der Waals surface area (Å²) in [6, 6.07) is 7.60. The lowest BCUT2D eigenvalue weighted by molar-refractivity contribution is 0.0707. The fourth-order valence-electron chi connectivity index (χ4n) is 3.49. The number of nitrogens with zero attached hydrogens (tertiary/aromatic N) is 2. The Morgan fingerprint density at radius 3 is 2.86 bits per heavy atom. The number of carbonyl (C=O) groups is 2. The molecule has 1 aliphatic heterocycles. The largest absolute Gasteiger partial charge is 0.449 e. The molecule has 1 aromatic carbocycles. The normalized spacial score (nSPS) is 17.0.